The van der Waals surface area contributed by atoms with E-state index in [-0.39, 0.29) is 5.41 Å². The predicted octanol–water partition coefficient (Wildman–Crippen LogP) is 6.58. The van der Waals surface area contributed by atoms with Gasteiger partial charge in [-0.2, -0.15) is 5.26 Å². The van der Waals surface area contributed by atoms with Gasteiger partial charge >= 0.3 is 0 Å². The van der Waals surface area contributed by atoms with E-state index >= 15 is 0 Å². The van der Waals surface area contributed by atoms with Gasteiger partial charge in [0.05, 0.1) is 6.07 Å². The number of allylic oxidation sites excluding steroid dienone is 1. The van der Waals surface area contributed by atoms with Gasteiger partial charge in [0, 0.05) is 18.8 Å². The Morgan fingerprint density at radius 1 is 1.04 bits per heavy atom. The van der Waals surface area contributed by atoms with Crippen LogP contribution in [0, 0.1) is 16.7 Å². The maximum atomic E-state index is 8.86. The van der Waals surface area contributed by atoms with Crippen molar-refractivity contribution in [2.24, 2.45) is 5.41 Å². The first kappa shape index (κ1) is 18.9. The molecule has 1 aromatic heterocycles. The third kappa shape index (κ3) is 4.44. The lowest BCUT2D eigenvalue weighted by atomic mass is 9.71. The second kappa shape index (κ2) is 8.64. The van der Waals surface area contributed by atoms with Crippen LogP contribution in [0.3, 0.4) is 0 Å². The minimum Gasteiger partial charge on any atom is -0.265 e. The number of hydrogen-bond donors (Lipinski definition) is 0. The average molecular weight is 354 g/mol. The highest BCUT2D eigenvalue weighted by Gasteiger charge is 2.29. The maximum absolute atomic E-state index is 8.86. The van der Waals surface area contributed by atoms with Gasteiger partial charge in [0.25, 0.3) is 0 Å². The average Bonchev–Trinajstić information content (AvgIpc) is 2.71. The van der Waals surface area contributed by atoms with Crippen LogP contribution in [-0.2, 0) is 6.42 Å². The molecular formula is C25H26N2. The van der Waals surface area contributed by atoms with Crippen molar-refractivity contribution in [3.8, 4) is 6.07 Å². The van der Waals surface area contributed by atoms with Crippen LogP contribution in [0.15, 0.2) is 73.6 Å². The summed E-state index contributed by atoms with van der Waals surface area (Å²) in [6.07, 6.45) is 8.22. The van der Waals surface area contributed by atoms with Crippen LogP contribution in [0.5, 0.6) is 0 Å². The molecule has 0 aliphatic heterocycles. The predicted molar refractivity (Wildman–Crippen MR) is 113 cm³/mol. The molecule has 3 aromatic rings. The van der Waals surface area contributed by atoms with Gasteiger partial charge in [-0.3, -0.25) is 4.98 Å². The molecule has 1 heterocycles. The Hall–Kier alpha value is -2.92. The molecular weight excluding hydrogens is 328 g/mol. The second-order valence-corrected chi connectivity index (χ2v) is 7.46. The Labute approximate surface area is 162 Å². The molecule has 2 heteroatoms. The molecule has 136 valence electrons. The molecule has 0 radical (unpaired) electrons. The lowest BCUT2D eigenvalue weighted by molar-refractivity contribution is 0.389. The number of rotatable bonds is 8. The molecule has 2 aromatic carbocycles. The van der Waals surface area contributed by atoms with Crippen LogP contribution >= 0.6 is 0 Å². The monoisotopic (exact) mass is 354 g/mol. The SMILES string of the molecule is C=C(c1cccc2ccccc12)C(C)(CCCCC#N)Cc1ccncc1. The number of hydrogen-bond acceptors (Lipinski definition) is 2. The minimum atomic E-state index is -0.0685. The smallest absolute Gasteiger partial charge is 0.0621 e. The third-order valence-electron chi connectivity index (χ3n) is 5.45. The van der Waals surface area contributed by atoms with Gasteiger partial charge in [-0.25, -0.2) is 0 Å². The third-order valence-corrected chi connectivity index (χ3v) is 5.45. The largest absolute Gasteiger partial charge is 0.265 e. The second-order valence-electron chi connectivity index (χ2n) is 7.46. The van der Waals surface area contributed by atoms with E-state index in [0.717, 1.165) is 25.7 Å². The molecule has 2 nitrogen and oxygen atoms in total. The summed E-state index contributed by atoms with van der Waals surface area (Å²) in [7, 11) is 0. The Kier molecular flexibility index (Phi) is 6.04. The van der Waals surface area contributed by atoms with Gasteiger partial charge in [-0.05, 0) is 64.3 Å². The van der Waals surface area contributed by atoms with Gasteiger partial charge in [0.15, 0.2) is 0 Å². The van der Waals surface area contributed by atoms with Crippen LogP contribution in [0.4, 0.5) is 0 Å². The fourth-order valence-electron chi connectivity index (χ4n) is 3.83. The lowest BCUT2D eigenvalue weighted by Gasteiger charge is -2.33. The summed E-state index contributed by atoms with van der Waals surface area (Å²) in [6, 6.07) is 21.4. The van der Waals surface area contributed by atoms with E-state index < -0.39 is 0 Å². The highest BCUT2D eigenvalue weighted by molar-refractivity contribution is 5.94. The fraction of sp³-hybridized carbons (Fsp3) is 0.280. The summed E-state index contributed by atoms with van der Waals surface area (Å²) in [6.45, 7) is 6.87. The molecule has 1 atom stereocenters. The molecule has 0 spiro atoms. The van der Waals surface area contributed by atoms with Crippen LogP contribution in [0.1, 0.15) is 43.7 Å². The summed E-state index contributed by atoms with van der Waals surface area (Å²) < 4.78 is 0. The Bertz CT molecular complexity index is 947. The van der Waals surface area contributed by atoms with Crippen LogP contribution in [0.25, 0.3) is 16.3 Å². The van der Waals surface area contributed by atoms with Crippen molar-refractivity contribution in [2.45, 2.75) is 39.0 Å². The maximum Gasteiger partial charge on any atom is 0.0621 e. The Balaban J connectivity index is 1.95. The van der Waals surface area contributed by atoms with E-state index in [1.54, 1.807) is 0 Å². The van der Waals surface area contributed by atoms with E-state index in [0.29, 0.717) is 6.42 Å². The number of pyridine rings is 1. The van der Waals surface area contributed by atoms with Crippen molar-refractivity contribution in [2.75, 3.05) is 0 Å². The summed E-state index contributed by atoms with van der Waals surface area (Å²) >= 11 is 0. The first-order chi connectivity index (χ1) is 13.1. The van der Waals surface area contributed by atoms with Gasteiger partial charge < -0.3 is 0 Å². The van der Waals surface area contributed by atoms with Crippen LogP contribution in [0.2, 0.25) is 0 Å². The molecule has 0 N–H and O–H groups in total. The van der Waals surface area contributed by atoms with E-state index in [2.05, 4.69) is 79.2 Å². The molecule has 3 rings (SSSR count). The van der Waals surface area contributed by atoms with Gasteiger partial charge in [-0.1, -0.05) is 62.4 Å². The number of benzene rings is 2. The highest BCUT2D eigenvalue weighted by Crippen LogP contribution is 2.43. The standard InChI is InChI=1S/C25H26N2/c1-20(23-12-8-10-22-9-4-5-11-24(22)23)25(2,15-6-3-7-16-26)19-21-13-17-27-18-14-21/h4-5,8-14,17-18H,1,3,6-7,15,19H2,2H3. The molecule has 0 amide bonds. The Morgan fingerprint density at radius 3 is 2.56 bits per heavy atom. The number of nitriles is 1. The summed E-state index contributed by atoms with van der Waals surface area (Å²) in [5, 5.41) is 11.4. The first-order valence-electron chi connectivity index (χ1n) is 9.57. The van der Waals surface area contributed by atoms with Gasteiger partial charge in [-0.15, -0.1) is 0 Å². The van der Waals surface area contributed by atoms with E-state index in [1.165, 1.54) is 27.5 Å². The zero-order valence-corrected chi connectivity index (χ0v) is 16.0. The summed E-state index contributed by atoms with van der Waals surface area (Å²) in [5.74, 6) is 0. The first-order valence-corrected chi connectivity index (χ1v) is 9.57. The van der Waals surface area contributed by atoms with Gasteiger partial charge in [0.1, 0.15) is 0 Å². The topological polar surface area (TPSA) is 36.7 Å². The van der Waals surface area contributed by atoms with E-state index in [1.807, 2.05) is 12.4 Å². The summed E-state index contributed by atoms with van der Waals surface area (Å²) in [4.78, 5) is 4.15. The van der Waals surface area contributed by atoms with Crippen molar-refractivity contribution in [1.82, 2.24) is 4.98 Å². The number of aromatic nitrogens is 1. The molecule has 0 saturated carbocycles. The van der Waals surface area contributed by atoms with Crippen molar-refractivity contribution in [3.05, 3.63) is 84.7 Å². The minimum absolute atomic E-state index is 0.0685. The molecule has 27 heavy (non-hydrogen) atoms. The molecule has 0 bridgehead atoms. The van der Waals surface area contributed by atoms with Crippen LogP contribution < -0.4 is 0 Å². The van der Waals surface area contributed by atoms with Crippen LogP contribution in [-0.4, -0.2) is 4.98 Å². The fourth-order valence-corrected chi connectivity index (χ4v) is 3.83. The van der Waals surface area contributed by atoms with E-state index in [9.17, 15) is 0 Å². The molecule has 0 aliphatic rings. The molecule has 0 aliphatic carbocycles. The zero-order valence-electron chi connectivity index (χ0n) is 16.0. The highest BCUT2D eigenvalue weighted by atomic mass is 14.6. The van der Waals surface area contributed by atoms with Crippen molar-refractivity contribution < 1.29 is 0 Å². The molecule has 1 unspecified atom stereocenters. The lowest BCUT2D eigenvalue weighted by Crippen LogP contribution is -2.21. The zero-order chi connectivity index (χ0) is 19.1. The quantitative estimate of drug-likeness (QED) is 0.428. The molecule has 0 saturated heterocycles. The normalized spacial score (nSPS) is 13.0. The van der Waals surface area contributed by atoms with Crippen molar-refractivity contribution in [1.29, 1.82) is 5.26 Å². The van der Waals surface area contributed by atoms with Crippen molar-refractivity contribution >= 4 is 16.3 Å². The number of fused-ring (bicyclic) bond motifs is 1. The van der Waals surface area contributed by atoms with Gasteiger partial charge in [0.2, 0.25) is 0 Å². The molecule has 0 fully saturated rings. The van der Waals surface area contributed by atoms with E-state index in [4.69, 9.17) is 5.26 Å². The van der Waals surface area contributed by atoms with Crippen molar-refractivity contribution in [3.63, 3.8) is 0 Å². The number of nitrogens with zero attached hydrogens (tertiary/aromatic N) is 2. The Morgan fingerprint density at radius 2 is 1.78 bits per heavy atom. The number of unbranched alkanes of at least 4 members (excludes halogenated alkanes) is 2. The summed E-state index contributed by atoms with van der Waals surface area (Å²) in [5.41, 5.74) is 3.60.